The first-order valence-corrected chi connectivity index (χ1v) is 10.1. The second kappa shape index (κ2) is 7.40. The number of anilines is 2. The number of aromatic amines is 1. The van der Waals surface area contributed by atoms with Gasteiger partial charge < -0.3 is 19.5 Å². The number of hydrogen-bond donors (Lipinski definition) is 1. The summed E-state index contributed by atoms with van der Waals surface area (Å²) in [6.07, 6.45) is 9.35. The maximum Gasteiger partial charge on any atom is 0.251 e. The third kappa shape index (κ3) is 3.57. The van der Waals surface area contributed by atoms with E-state index in [-0.39, 0.29) is 5.56 Å². The molecule has 3 heterocycles. The Balaban J connectivity index is 1.59. The Labute approximate surface area is 150 Å². The van der Waals surface area contributed by atoms with E-state index >= 15 is 0 Å². The fourth-order valence-corrected chi connectivity index (χ4v) is 5.05. The normalized spacial score (nSPS) is 28.5. The molecule has 0 bridgehead atoms. The van der Waals surface area contributed by atoms with Gasteiger partial charge >= 0.3 is 0 Å². The van der Waals surface area contributed by atoms with Gasteiger partial charge in [0.1, 0.15) is 5.82 Å². The van der Waals surface area contributed by atoms with Crippen LogP contribution < -0.4 is 15.4 Å². The zero-order chi connectivity index (χ0) is 17.2. The average Bonchev–Trinajstić information content (AvgIpc) is 3.12. The highest BCUT2D eigenvalue weighted by atomic mass is 16.5. The second-order valence-electron chi connectivity index (χ2n) is 8.01. The molecule has 5 heteroatoms. The van der Waals surface area contributed by atoms with Crippen LogP contribution in [0.5, 0.6) is 0 Å². The number of nitrogens with one attached hydrogen (secondary N) is 1. The van der Waals surface area contributed by atoms with Crippen molar-refractivity contribution < 1.29 is 4.74 Å². The minimum Gasteiger partial charge on any atom is -0.377 e. The van der Waals surface area contributed by atoms with Gasteiger partial charge in [0, 0.05) is 43.0 Å². The minimum absolute atomic E-state index is 0.0143. The molecule has 1 N–H and O–H groups in total. The number of aromatic nitrogens is 1. The molecular weight excluding hydrogens is 314 g/mol. The van der Waals surface area contributed by atoms with Gasteiger partial charge in [-0.25, -0.2) is 0 Å². The summed E-state index contributed by atoms with van der Waals surface area (Å²) in [5.41, 5.74) is 1.06. The fraction of sp³-hybridized carbons (Fsp3) is 0.750. The smallest absolute Gasteiger partial charge is 0.251 e. The van der Waals surface area contributed by atoms with Gasteiger partial charge in [-0.3, -0.25) is 4.79 Å². The largest absolute Gasteiger partial charge is 0.377 e. The molecule has 0 aromatic carbocycles. The molecule has 2 atom stereocenters. The molecule has 1 aromatic rings. The number of hydrogen-bond acceptors (Lipinski definition) is 4. The Morgan fingerprint density at radius 3 is 2.68 bits per heavy atom. The zero-order valence-corrected chi connectivity index (χ0v) is 15.4. The van der Waals surface area contributed by atoms with E-state index in [2.05, 4.69) is 27.8 Å². The van der Waals surface area contributed by atoms with Crippen molar-refractivity contribution in [2.75, 3.05) is 36.1 Å². The number of morpholine rings is 1. The summed E-state index contributed by atoms with van der Waals surface area (Å²) < 4.78 is 5.55. The van der Waals surface area contributed by atoms with Crippen LogP contribution in [0.25, 0.3) is 0 Å². The lowest BCUT2D eigenvalue weighted by Crippen LogP contribution is -2.44. The van der Waals surface area contributed by atoms with E-state index in [9.17, 15) is 4.79 Å². The van der Waals surface area contributed by atoms with Crippen LogP contribution in [0.4, 0.5) is 11.5 Å². The van der Waals surface area contributed by atoms with Crippen LogP contribution in [0.2, 0.25) is 0 Å². The maximum atomic E-state index is 12.4. The van der Waals surface area contributed by atoms with Gasteiger partial charge in [-0.15, -0.1) is 0 Å². The van der Waals surface area contributed by atoms with Crippen LogP contribution in [-0.2, 0) is 4.74 Å². The van der Waals surface area contributed by atoms with Crippen molar-refractivity contribution >= 4 is 11.5 Å². The molecule has 2 saturated heterocycles. The van der Waals surface area contributed by atoms with Crippen LogP contribution in [0.3, 0.4) is 0 Å². The van der Waals surface area contributed by atoms with E-state index in [1.54, 1.807) is 6.07 Å². The third-order valence-corrected chi connectivity index (χ3v) is 6.32. The summed E-state index contributed by atoms with van der Waals surface area (Å²) in [6, 6.07) is 4.87. The zero-order valence-electron chi connectivity index (χ0n) is 15.4. The molecule has 4 rings (SSSR count). The molecule has 5 nitrogen and oxygen atoms in total. The van der Waals surface area contributed by atoms with E-state index in [0.29, 0.717) is 12.1 Å². The van der Waals surface area contributed by atoms with Crippen LogP contribution in [0.1, 0.15) is 51.9 Å². The Bertz CT molecular complexity index is 638. The third-order valence-electron chi connectivity index (χ3n) is 6.32. The SMILES string of the molecule is C[C@@H]1COCCN1c1cc(N2CCC[C@H]2C2CCCCC2)[nH]c(=O)c1. The number of rotatable bonds is 3. The summed E-state index contributed by atoms with van der Waals surface area (Å²) in [6.45, 7) is 5.56. The summed E-state index contributed by atoms with van der Waals surface area (Å²) in [4.78, 5) is 20.3. The Morgan fingerprint density at radius 1 is 1.04 bits per heavy atom. The molecule has 0 amide bonds. The predicted molar refractivity (Wildman–Crippen MR) is 102 cm³/mol. The van der Waals surface area contributed by atoms with E-state index in [1.807, 2.05) is 0 Å². The van der Waals surface area contributed by atoms with Gasteiger partial charge in [-0.1, -0.05) is 19.3 Å². The van der Waals surface area contributed by atoms with Crippen LogP contribution >= 0.6 is 0 Å². The molecule has 3 fully saturated rings. The quantitative estimate of drug-likeness (QED) is 0.914. The van der Waals surface area contributed by atoms with Crippen LogP contribution in [0, 0.1) is 5.92 Å². The molecule has 1 aromatic heterocycles. The highest BCUT2D eigenvalue weighted by Gasteiger charge is 2.33. The summed E-state index contributed by atoms with van der Waals surface area (Å²) in [5, 5.41) is 0. The Hall–Kier alpha value is -1.49. The van der Waals surface area contributed by atoms with E-state index in [0.717, 1.165) is 43.7 Å². The monoisotopic (exact) mass is 345 g/mol. The number of H-pyrrole nitrogens is 1. The highest BCUT2D eigenvalue weighted by Crippen LogP contribution is 2.36. The molecule has 0 radical (unpaired) electrons. The summed E-state index contributed by atoms with van der Waals surface area (Å²) in [5.74, 6) is 1.82. The number of pyridine rings is 1. The first-order valence-electron chi connectivity index (χ1n) is 10.1. The molecule has 0 unspecified atom stereocenters. The lowest BCUT2D eigenvalue weighted by molar-refractivity contribution is 0.0989. The summed E-state index contributed by atoms with van der Waals surface area (Å²) >= 11 is 0. The van der Waals surface area contributed by atoms with Crippen molar-refractivity contribution in [1.29, 1.82) is 0 Å². The van der Waals surface area contributed by atoms with Crippen molar-refractivity contribution in [1.82, 2.24) is 4.98 Å². The first kappa shape index (κ1) is 17.0. The lowest BCUT2D eigenvalue weighted by Gasteiger charge is -2.37. The molecule has 1 aliphatic carbocycles. The minimum atomic E-state index is 0.0143. The van der Waals surface area contributed by atoms with Gasteiger partial charge in [-0.05, 0) is 38.5 Å². The molecule has 2 aliphatic heterocycles. The van der Waals surface area contributed by atoms with Crippen LogP contribution in [0.15, 0.2) is 16.9 Å². The molecule has 1 saturated carbocycles. The molecule has 3 aliphatic rings. The Kier molecular flexibility index (Phi) is 5.02. The van der Waals surface area contributed by atoms with Crippen LogP contribution in [-0.4, -0.2) is 43.4 Å². The lowest BCUT2D eigenvalue weighted by atomic mass is 9.83. The standard InChI is InChI=1S/C20H31N3O2/c1-15-14-25-11-10-22(15)17-12-19(21-20(24)13-17)23-9-5-8-18(23)16-6-3-2-4-7-16/h12-13,15-16,18H,2-11,14H2,1H3,(H,21,24)/t15-,18+/m1/s1. The molecule has 0 spiro atoms. The van der Waals surface area contributed by atoms with Crippen molar-refractivity contribution in [2.45, 2.75) is 64.0 Å². The van der Waals surface area contributed by atoms with Gasteiger partial charge in [0.15, 0.2) is 0 Å². The average molecular weight is 345 g/mol. The van der Waals surface area contributed by atoms with Crippen molar-refractivity contribution in [3.05, 3.63) is 22.5 Å². The molecular formula is C20H31N3O2. The first-order chi connectivity index (χ1) is 12.2. The van der Waals surface area contributed by atoms with E-state index < -0.39 is 0 Å². The van der Waals surface area contributed by atoms with Gasteiger partial charge in [0.2, 0.25) is 0 Å². The van der Waals surface area contributed by atoms with Crippen molar-refractivity contribution in [3.63, 3.8) is 0 Å². The molecule has 138 valence electrons. The predicted octanol–water partition coefficient (Wildman–Crippen LogP) is 3.15. The van der Waals surface area contributed by atoms with Gasteiger partial charge in [0.05, 0.1) is 13.2 Å². The van der Waals surface area contributed by atoms with Gasteiger partial charge in [-0.2, -0.15) is 0 Å². The maximum absolute atomic E-state index is 12.4. The topological polar surface area (TPSA) is 48.6 Å². The number of nitrogens with zero attached hydrogens (tertiary/aromatic N) is 2. The molecule has 25 heavy (non-hydrogen) atoms. The van der Waals surface area contributed by atoms with Crippen molar-refractivity contribution in [2.24, 2.45) is 5.92 Å². The van der Waals surface area contributed by atoms with Gasteiger partial charge in [0.25, 0.3) is 5.56 Å². The van der Waals surface area contributed by atoms with E-state index in [1.165, 1.54) is 44.9 Å². The Morgan fingerprint density at radius 2 is 1.88 bits per heavy atom. The van der Waals surface area contributed by atoms with Crippen molar-refractivity contribution in [3.8, 4) is 0 Å². The fourth-order valence-electron chi connectivity index (χ4n) is 5.05. The number of ether oxygens (including phenoxy) is 1. The second-order valence-corrected chi connectivity index (χ2v) is 8.01. The summed E-state index contributed by atoms with van der Waals surface area (Å²) in [7, 11) is 0. The highest BCUT2D eigenvalue weighted by molar-refractivity contribution is 5.56. The van der Waals surface area contributed by atoms with E-state index in [4.69, 9.17) is 4.74 Å².